The van der Waals surface area contributed by atoms with Gasteiger partial charge in [-0.2, -0.15) is 0 Å². The molecule has 38 valence electrons. The smallest absolute Gasteiger partial charge is 0.0102 e. The van der Waals surface area contributed by atoms with E-state index in [4.69, 9.17) is 5.41 Å². The van der Waals surface area contributed by atoms with Crippen molar-refractivity contribution in [3.05, 3.63) is 11.0 Å². The monoisotopic (exact) mass is 94.1 g/mol. The molecule has 1 heteroatoms. The van der Waals surface area contributed by atoms with E-state index in [1.807, 2.05) is 0 Å². The van der Waals surface area contributed by atoms with E-state index in [1.54, 1.807) is 0 Å². The Hall–Kier alpha value is -0.550. The molecule has 0 radical (unpaired) electrons. The van der Waals surface area contributed by atoms with Gasteiger partial charge < -0.3 is 5.41 Å². The first-order valence-electron chi connectivity index (χ1n) is 2.54. The van der Waals surface area contributed by atoms with E-state index in [-0.39, 0.29) is 0 Å². The Morgan fingerprint density at radius 3 is 1.86 bits per heavy atom. The molecule has 0 bridgehead atoms. The molecule has 1 rings (SSSR count). The van der Waals surface area contributed by atoms with Crippen molar-refractivity contribution in [1.29, 1.82) is 0 Å². The SMILES string of the molecule is C[C@@H]1C(=C=[N-])[C@@H]1C. The number of nitrogens with zero attached hydrogens (tertiary/aromatic N) is 1. The predicted octanol–water partition coefficient (Wildman–Crippen LogP) is 1.44. The minimum Gasteiger partial charge on any atom is -0.763 e. The Bertz CT molecular complexity index is 121. The van der Waals surface area contributed by atoms with Gasteiger partial charge in [-0.25, -0.2) is 0 Å². The summed E-state index contributed by atoms with van der Waals surface area (Å²) in [6, 6.07) is 0. The van der Waals surface area contributed by atoms with Crippen LogP contribution >= 0.6 is 0 Å². The highest BCUT2D eigenvalue weighted by Gasteiger charge is 2.33. The fourth-order valence-electron chi connectivity index (χ4n) is 0.771. The number of rotatable bonds is 0. The summed E-state index contributed by atoms with van der Waals surface area (Å²) in [5, 5.41) is 8.26. The minimum absolute atomic E-state index is 0.588. The highest BCUT2D eigenvalue weighted by atomic mass is 14.4. The van der Waals surface area contributed by atoms with E-state index in [0.717, 1.165) is 5.57 Å². The van der Waals surface area contributed by atoms with Gasteiger partial charge in [-0.05, 0) is 17.4 Å². The molecule has 0 aromatic heterocycles. The van der Waals surface area contributed by atoms with E-state index in [0.29, 0.717) is 11.8 Å². The van der Waals surface area contributed by atoms with Gasteiger partial charge in [0.15, 0.2) is 0 Å². The van der Waals surface area contributed by atoms with Crippen molar-refractivity contribution in [3.63, 3.8) is 0 Å². The Morgan fingerprint density at radius 1 is 1.43 bits per heavy atom. The van der Waals surface area contributed by atoms with Crippen LogP contribution in [-0.2, 0) is 0 Å². The third-order valence-electron chi connectivity index (χ3n) is 1.75. The van der Waals surface area contributed by atoms with Crippen LogP contribution in [0.15, 0.2) is 5.57 Å². The molecule has 1 aliphatic carbocycles. The van der Waals surface area contributed by atoms with Crippen molar-refractivity contribution in [2.75, 3.05) is 0 Å². The van der Waals surface area contributed by atoms with Gasteiger partial charge in [-0.15, -0.1) is 0 Å². The molecule has 0 N–H and O–H groups in total. The Morgan fingerprint density at radius 2 is 1.86 bits per heavy atom. The van der Waals surface area contributed by atoms with Crippen molar-refractivity contribution in [2.24, 2.45) is 11.8 Å². The first-order valence-corrected chi connectivity index (χ1v) is 2.54. The summed E-state index contributed by atoms with van der Waals surface area (Å²) in [7, 11) is 0. The van der Waals surface area contributed by atoms with Gasteiger partial charge in [0.05, 0.1) is 0 Å². The van der Waals surface area contributed by atoms with Crippen LogP contribution in [0.5, 0.6) is 0 Å². The summed E-state index contributed by atoms with van der Waals surface area (Å²) in [5.41, 5.74) is 1.07. The average molecular weight is 94.1 g/mol. The van der Waals surface area contributed by atoms with Gasteiger partial charge >= 0.3 is 0 Å². The normalized spacial score (nSPS) is 37.7. The van der Waals surface area contributed by atoms with Crippen LogP contribution < -0.4 is 0 Å². The van der Waals surface area contributed by atoms with Crippen molar-refractivity contribution < 1.29 is 0 Å². The predicted molar refractivity (Wildman–Crippen MR) is 30.2 cm³/mol. The van der Waals surface area contributed by atoms with E-state index in [2.05, 4.69) is 19.7 Å². The Balaban J connectivity index is 2.71. The molecule has 0 spiro atoms. The molecule has 0 aromatic carbocycles. The van der Waals surface area contributed by atoms with Gasteiger partial charge in [0, 0.05) is 0 Å². The standard InChI is InChI=1S/C6H8N/c1-4-5(2)6(4)3-7/h4-5H,1-2H3/q-1/t4-,5+. The van der Waals surface area contributed by atoms with Gasteiger partial charge in [-0.3, -0.25) is 5.87 Å². The zero-order valence-electron chi connectivity index (χ0n) is 4.60. The maximum Gasteiger partial charge on any atom is -0.0102 e. The number of hydrogen-bond donors (Lipinski definition) is 0. The van der Waals surface area contributed by atoms with Crippen LogP contribution in [0, 0.1) is 11.8 Å². The second-order valence-electron chi connectivity index (χ2n) is 2.14. The molecule has 1 aliphatic rings. The zero-order valence-corrected chi connectivity index (χ0v) is 4.60. The molecule has 0 saturated heterocycles. The highest BCUT2D eigenvalue weighted by molar-refractivity contribution is 5.67. The van der Waals surface area contributed by atoms with Gasteiger partial charge in [0.1, 0.15) is 0 Å². The van der Waals surface area contributed by atoms with Crippen LogP contribution in [0.2, 0.25) is 0 Å². The summed E-state index contributed by atoms with van der Waals surface area (Å²) < 4.78 is 0. The lowest BCUT2D eigenvalue weighted by atomic mass is 10.4. The third-order valence-corrected chi connectivity index (χ3v) is 1.75. The van der Waals surface area contributed by atoms with Crippen LogP contribution in [-0.4, -0.2) is 5.87 Å². The maximum atomic E-state index is 8.26. The van der Waals surface area contributed by atoms with E-state index in [9.17, 15) is 0 Å². The lowest BCUT2D eigenvalue weighted by Crippen LogP contribution is -1.58. The molecule has 0 aromatic rings. The molecule has 1 nitrogen and oxygen atoms in total. The number of hydrogen-bond acceptors (Lipinski definition) is 0. The average Bonchev–Trinajstić information content (AvgIpc) is 2.17. The first-order chi connectivity index (χ1) is 3.27. The summed E-state index contributed by atoms with van der Waals surface area (Å²) >= 11 is 0. The Kier molecular flexibility index (Phi) is 0.795. The molecular formula is C6H8N-. The second kappa shape index (κ2) is 1.21. The van der Waals surface area contributed by atoms with Crippen molar-refractivity contribution in [3.8, 4) is 0 Å². The largest absolute Gasteiger partial charge is 0.763 e. The van der Waals surface area contributed by atoms with E-state index in [1.165, 1.54) is 0 Å². The first kappa shape index (κ1) is 4.61. The van der Waals surface area contributed by atoms with Crippen LogP contribution in [0.1, 0.15) is 13.8 Å². The fourth-order valence-corrected chi connectivity index (χ4v) is 0.771. The summed E-state index contributed by atoms with van der Waals surface area (Å²) in [5.74, 6) is 3.33. The summed E-state index contributed by atoms with van der Waals surface area (Å²) in [6.45, 7) is 4.17. The number of allylic oxidation sites excluding steroid dienone is 1. The quantitative estimate of drug-likeness (QED) is 0.405. The van der Waals surface area contributed by atoms with Gasteiger partial charge in [0.25, 0.3) is 0 Å². The van der Waals surface area contributed by atoms with E-state index >= 15 is 0 Å². The third kappa shape index (κ3) is 0.495. The highest BCUT2D eigenvalue weighted by Crippen LogP contribution is 2.42. The second-order valence-corrected chi connectivity index (χ2v) is 2.14. The molecule has 2 atom stereocenters. The fraction of sp³-hybridized carbons (Fsp3) is 0.667. The van der Waals surface area contributed by atoms with Gasteiger partial charge in [-0.1, -0.05) is 13.8 Å². The summed E-state index contributed by atoms with van der Waals surface area (Å²) in [6.07, 6.45) is 0. The molecular weight excluding hydrogens is 86.1 g/mol. The van der Waals surface area contributed by atoms with Crippen molar-refractivity contribution >= 4 is 5.87 Å². The van der Waals surface area contributed by atoms with Crippen LogP contribution in [0.4, 0.5) is 0 Å². The minimum atomic E-state index is 0.588. The molecule has 0 amide bonds. The molecule has 7 heavy (non-hydrogen) atoms. The lowest BCUT2D eigenvalue weighted by Gasteiger charge is -1.65. The maximum absolute atomic E-state index is 8.26. The van der Waals surface area contributed by atoms with Crippen LogP contribution in [0.3, 0.4) is 0 Å². The topological polar surface area (TPSA) is 22.3 Å². The molecule has 0 heterocycles. The van der Waals surface area contributed by atoms with Crippen LogP contribution in [0.25, 0.3) is 5.41 Å². The zero-order chi connectivity index (χ0) is 5.44. The molecule has 1 fully saturated rings. The summed E-state index contributed by atoms with van der Waals surface area (Å²) in [4.78, 5) is 0. The Labute approximate surface area is 43.6 Å². The molecule has 0 aliphatic heterocycles. The van der Waals surface area contributed by atoms with Crippen molar-refractivity contribution in [1.82, 2.24) is 0 Å². The van der Waals surface area contributed by atoms with Gasteiger partial charge in [0.2, 0.25) is 0 Å². The molecule has 1 saturated carbocycles. The lowest BCUT2D eigenvalue weighted by molar-refractivity contribution is 0.834. The van der Waals surface area contributed by atoms with E-state index < -0.39 is 0 Å². The van der Waals surface area contributed by atoms with Crippen molar-refractivity contribution in [2.45, 2.75) is 13.8 Å². The molecule has 0 unspecified atom stereocenters.